The third-order valence-electron chi connectivity index (χ3n) is 4.49. The highest BCUT2D eigenvalue weighted by molar-refractivity contribution is 6.03. The summed E-state index contributed by atoms with van der Waals surface area (Å²) < 4.78 is 0. The minimum absolute atomic E-state index is 0.224. The van der Waals surface area contributed by atoms with E-state index in [9.17, 15) is 4.79 Å². The molecule has 146 valence electrons. The Hall–Kier alpha value is -2.63. The van der Waals surface area contributed by atoms with Gasteiger partial charge >= 0.3 is 0 Å². The molecular weight excluding hydrogens is 338 g/mol. The van der Waals surface area contributed by atoms with Crippen molar-refractivity contribution in [3.8, 4) is 0 Å². The predicted molar refractivity (Wildman–Crippen MR) is 113 cm³/mol. The Morgan fingerprint density at radius 1 is 1.07 bits per heavy atom. The molecule has 27 heavy (non-hydrogen) atoms. The highest BCUT2D eigenvalue weighted by Crippen LogP contribution is 2.23. The largest absolute Gasteiger partial charge is 0.372 e. The molecule has 0 saturated carbocycles. The summed E-state index contributed by atoms with van der Waals surface area (Å²) in [7, 11) is 0. The molecule has 0 fully saturated rings. The van der Waals surface area contributed by atoms with Crippen molar-refractivity contribution in [2.24, 2.45) is 0 Å². The molecule has 0 aliphatic heterocycles. The first-order valence-electron chi connectivity index (χ1n) is 9.74. The van der Waals surface area contributed by atoms with Crippen LogP contribution in [0.25, 0.3) is 0 Å². The highest BCUT2D eigenvalue weighted by atomic mass is 16.1. The van der Waals surface area contributed by atoms with Gasteiger partial charge in [-0.3, -0.25) is 4.79 Å². The molecule has 0 saturated heterocycles. The first-order chi connectivity index (χ1) is 13.0. The average Bonchev–Trinajstić information content (AvgIpc) is 2.64. The van der Waals surface area contributed by atoms with Gasteiger partial charge in [0.2, 0.25) is 0 Å². The molecular formula is C21H31N5O. The average molecular weight is 370 g/mol. The quantitative estimate of drug-likeness (QED) is 0.641. The summed E-state index contributed by atoms with van der Waals surface area (Å²) >= 11 is 0. The normalized spacial score (nSPS) is 10.6. The Morgan fingerprint density at radius 3 is 2.44 bits per heavy atom. The van der Waals surface area contributed by atoms with E-state index in [1.54, 1.807) is 13.0 Å². The van der Waals surface area contributed by atoms with Crippen molar-refractivity contribution in [3.05, 3.63) is 41.3 Å². The molecule has 0 aliphatic carbocycles. The van der Waals surface area contributed by atoms with Crippen molar-refractivity contribution in [2.75, 3.05) is 35.2 Å². The topological polar surface area (TPSA) is 70.2 Å². The number of unbranched alkanes of at least 4 members (excludes halogenated alkanes) is 1. The molecule has 0 atom stereocenters. The van der Waals surface area contributed by atoms with E-state index in [0.717, 1.165) is 49.4 Å². The molecule has 0 radical (unpaired) electrons. The van der Waals surface area contributed by atoms with Crippen LogP contribution in [0.4, 0.5) is 17.2 Å². The summed E-state index contributed by atoms with van der Waals surface area (Å²) in [6.45, 7) is 13.0. The molecule has 1 aromatic heterocycles. The number of rotatable bonds is 9. The van der Waals surface area contributed by atoms with Gasteiger partial charge in [-0.15, -0.1) is 0 Å². The molecule has 1 heterocycles. The zero-order chi connectivity index (χ0) is 19.8. The number of benzene rings is 1. The number of hydrogen-bond donors (Lipinski definition) is 2. The maximum absolute atomic E-state index is 12.7. The van der Waals surface area contributed by atoms with E-state index in [1.807, 2.05) is 19.1 Å². The van der Waals surface area contributed by atoms with E-state index in [2.05, 4.69) is 52.3 Å². The Morgan fingerprint density at radius 2 is 1.81 bits per heavy atom. The van der Waals surface area contributed by atoms with Crippen molar-refractivity contribution < 1.29 is 4.79 Å². The fourth-order valence-electron chi connectivity index (χ4n) is 2.93. The molecule has 0 aliphatic rings. The maximum Gasteiger partial charge on any atom is 0.274 e. The van der Waals surface area contributed by atoms with Gasteiger partial charge in [0.1, 0.15) is 17.3 Å². The van der Waals surface area contributed by atoms with Crippen molar-refractivity contribution in [1.29, 1.82) is 0 Å². The van der Waals surface area contributed by atoms with Crippen molar-refractivity contribution in [3.63, 3.8) is 0 Å². The number of aryl methyl sites for hydroxylation is 2. The van der Waals surface area contributed by atoms with E-state index < -0.39 is 0 Å². The van der Waals surface area contributed by atoms with Gasteiger partial charge in [0, 0.05) is 37.1 Å². The summed E-state index contributed by atoms with van der Waals surface area (Å²) in [4.78, 5) is 23.6. The highest BCUT2D eigenvalue weighted by Gasteiger charge is 2.13. The molecule has 1 amide bonds. The maximum atomic E-state index is 12.7. The number of nitrogens with one attached hydrogen (secondary N) is 2. The number of aromatic nitrogens is 2. The standard InChI is InChI=1S/C21H31N5O/c1-6-9-12-22-20-14-19(23-16(5)24-20)21(27)25-18-11-10-17(13-15(18)4)26(7-2)8-3/h10-11,13-14H,6-9,12H2,1-5H3,(H,25,27)(H,22,23,24). The number of nitrogens with zero attached hydrogens (tertiary/aromatic N) is 3. The molecule has 2 N–H and O–H groups in total. The summed E-state index contributed by atoms with van der Waals surface area (Å²) in [6.07, 6.45) is 2.16. The van der Waals surface area contributed by atoms with Gasteiger partial charge in [-0.2, -0.15) is 0 Å². The number of amides is 1. The fourth-order valence-corrected chi connectivity index (χ4v) is 2.93. The second-order valence-corrected chi connectivity index (χ2v) is 6.59. The van der Waals surface area contributed by atoms with E-state index in [0.29, 0.717) is 17.3 Å². The van der Waals surface area contributed by atoms with Crippen molar-refractivity contribution in [1.82, 2.24) is 9.97 Å². The minimum Gasteiger partial charge on any atom is -0.372 e. The van der Waals surface area contributed by atoms with E-state index in [-0.39, 0.29) is 5.91 Å². The smallest absolute Gasteiger partial charge is 0.274 e. The van der Waals surface area contributed by atoms with Gasteiger partial charge in [-0.05, 0) is 57.9 Å². The molecule has 2 rings (SSSR count). The third kappa shape index (κ3) is 5.67. The lowest BCUT2D eigenvalue weighted by Crippen LogP contribution is -2.22. The molecule has 2 aromatic rings. The Labute approximate surface area is 162 Å². The zero-order valence-corrected chi connectivity index (χ0v) is 17.1. The summed E-state index contributed by atoms with van der Waals surface area (Å²) in [5.74, 6) is 1.04. The van der Waals surface area contributed by atoms with Crippen LogP contribution in [0.2, 0.25) is 0 Å². The first-order valence-corrected chi connectivity index (χ1v) is 9.74. The van der Waals surface area contributed by atoms with Crippen LogP contribution in [0.3, 0.4) is 0 Å². The third-order valence-corrected chi connectivity index (χ3v) is 4.49. The molecule has 6 heteroatoms. The molecule has 0 unspecified atom stereocenters. The summed E-state index contributed by atoms with van der Waals surface area (Å²) in [5.41, 5.74) is 3.36. The van der Waals surface area contributed by atoms with Crippen LogP contribution in [-0.4, -0.2) is 35.5 Å². The number of hydrogen-bond acceptors (Lipinski definition) is 5. The van der Waals surface area contributed by atoms with Gasteiger partial charge in [0.15, 0.2) is 0 Å². The SMILES string of the molecule is CCCCNc1cc(C(=O)Nc2ccc(N(CC)CC)cc2C)nc(C)n1. The van der Waals surface area contributed by atoms with Gasteiger partial charge in [-0.1, -0.05) is 13.3 Å². The molecule has 6 nitrogen and oxygen atoms in total. The monoisotopic (exact) mass is 369 g/mol. The molecule has 0 bridgehead atoms. The van der Waals surface area contributed by atoms with Crippen LogP contribution in [0.15, 0.2) is 24.3 Å². The Kier molecular flexibility index (Phi) is 7.58. The van der Waals surface area contributed by atoms with Crippen LogP contribution in [-0.2, 0) is 0 Å². The van der Waals surface area contributed by atoms with Crippen LogP contribution >= 0.6 is 0 Å². The lowest BCUT2D eigenvalue weighted by molar-refractivity contribution is 0.102. The lowest BCUT2D eigenvalue weighted by atomic mass is 10.1. The lowest BCUT2D eigenvalue weighted by Gasteiger charge is -2.22. The number of carbonyl (C=O) groups is 1. The molecule has 1 aromatic carbocycles. The van der Waals surface area contributed by atoms with E-state index >= 15 is 0 Å². The van der Waals surface area contributed by atoms with Crippen LogP contribution < -0.4 is 15.5 Å². The van der Waals surface area contributed by atoms with Gasteiger partial charge in [0.05, 0.1) is 0 Å². The van der Waals surface area contributed by atoms with Gasteiger partial charge < -0.3 is 15.5 Å². The van der Waals surface area contributed by atoms with E-state index in [4.69, 9.17) is 0 Å². The number of carbonyl (C=O) groups excluding carboxylic acids is 1. The fraction of sp³-hybridized carbons (Fsp3) is 0.476. The zero-order valence-electron chi connectivity index (χ0n) is 17.1. The summed E-state index contributed by atoms with van der Waals surface area (Å²) in [6, 6.07) is 7.80. The predicted octanol–water partition coefficient (Wildman–Crippen LogP) is 4.40. The Bertz CT molecular complexity index is 771. The van der Waals surface area contributed by atoms with Gasteiger partial charge in [-0.25, -0.2) is 9.97 Å². The number of anilines is 3. The minimum atomic E-state index is -0.224. The van der Waals surface area contributed by atoms with Crippen molar-refractivity contribution in [2.45, 2.75) is 47.5 Å². The van der Waals surface area contributed by atoms with Crippen LogP contribution in [0, 0.1) is 13.8 Å². The van der Waals surface area contributed by atoms with Gasteiger partial charge in [0.25, 0.3) is 5.91 Å². The van der Waals surface area contributed by atoms with Crippen molar-refractivity contribution >= 4 is 23.1 Å². The second-order valence-electron chi connectivity index (χ2n) is 6.59. The first kappa shape index (κ1) is 20.7. The second kappa shape index (κ2) is 9.90. The van der Waals surface area contributed by atoms with Crippen LogP contribution in [0.1, 0.15) is 55.5 Å². The van der Waals surface area contributed by atoms with Crippen LogP contribution in [0.5, 0.6) is 0 Å². The summed E-state index contributed by atoms with van der Waals surface area (Å²) in [5, 5.41) is 6.23. The molecule has 0 spiro atoms. The Balaban J connectivity index is 2.15. The van der Waals surface area contributed by atoms with E-state index in [1.165, 1.54) is 0 Å².